The third-order valence-electron chi connectivity index (χ3n) is 2.95. The number of hydrogen-bond acceptors (Lipinski definition) is 6. The molecule has 1 aliphatic heterocycles. The van der Waals surface area contributed by atoms with Crippen LogP contribution in [0.5, 0.6) is 0 Å². The number of anilines is 2. The Labute approximate surface area is 114 Å². The molecule has 3 rings (SSSR count). The predicted octanol–water partition coefficient (Wildman–Crippen LogP) is 1.92. The Morgan fingerprint density at radius 3 is 2.56 bits per heavy atom. The standard InChI is InChI=1S/C11H13N5S2/c17-11-14-13-10(18-11)16-7-5-15(6-8-16)9-3-1-2-4-12-9/h1-4H,5-8H2,(H,14,17). The Hall–Kier alpha value is -1.47. The molecule has 5 nitrogen and oxygen atoms in total. The second-order valence-electron chi connectivity index (χ2n) is 4.06. The van der Waals surface area contributed by atoms with Crippen molar-refractivity contribution in [2.45, 2.75) is 0 Å². The van der Waals surface area contributed by atoms with Crippen molar-refractivity contribution in [2.24, 2.45) is 0 Å². The van der Waals surface area contributed by atoms with Gasteiger partial charge in [-0.2, -0.15) is 0 Å². The summed E-state index contributed by atoms with van der Waals surface area (Å²) >= 11 is 6.59. The van der Waals surface area contributed by atoms with Gasteiger partial charge < -0.3 is 9.80 Å². The highest BCUT2D eigenvalue weighted by molar-refractivity contribution is 7.73. The van der Waals surface area contributed by atoms with Crippen molar-refractivity contribution in [3.8, 4) is 0 Å². The minimum atomic E-state index is 0.733. The van der Waals surface area contributed by atoms with Gasteiger partial charge in [-0.25, -0.2) is 4.98 Å². The van der Waals surface area contributed by atoms with Crippen molar-refractivity contribution in [1.82, 2.24) is 15.2 Å². The molecule has 1 saturated heterocycles. The topological polar surface area (TPSA) is 48.1 Å². The van der Waals surface area contributed by atoms with E-state index in [9.17, 15) is 0 Å². The smallest absolute Gasteiger partial charge is 0.207 e. The zero-order valence-electron chi connectivity index (χ0n) is 9.74. The van der Waals surface area contributed by atoms with E-state index in [1.165, 1.54) is 11.3 Å². The summed E-state index contributed by atoms with van der Waals surface area (Å²) in [6.45, 7) is 3.83. The van der Waals surface area contributed by atoms with Crippen molar-refractivity contribution >= 4 is 34.5 Å². The first-order valence-corrected chi connectivity index (χ1v) is 7.02. The summed E-state index contributed by atoms with van der Waals surface area (Å²) in [5.74, 6) is 1.05. The van der Waals surface area contributed by atoms with Crippen molar-refractivity contribution in [3.05, 3.63) is 28.4 Å². The van der Waals surface area contributed by atoms with E-state index in [4.69, 9.17) is 12.2 Å². The third kappa shape index (κ3) is 2.37. The van der Waals surface area contributed by atoms with Crippen LogP contribution in [0.2, 0.25) is 0 Å². The Bertz CT molecular complexity index is 556. The number of pyridine rings is 1. The fourth-order valence-electron chi connectivity index (χ4n) is 2.02. The van der Waals surface area contributed by atoms with Gasteiger partial charge in [0, 0.05) is 32.4 Å². The molecule has 0 spiro atoms. The summed E-state index contributed by atoms with van der Waals surface area (Å²) in [5.41, 5.74) is 0. The number of hydrogen-bond donors (Lipinski definition) is 1. The monoisotopic (exact) mass is 279 g/mol. The van der Waals surface area contributed by atoms with Crippen LogP contribution in [-0.4, -0.2) is 41.4 Å². The zero-order valence-corrected chi connectivity index (χ0v) is 11.4. The Morgan fingerprint density at radius 2 is 1.94 bits per heavy atom. The number of rotatable bonds is 2. The molecule has 1 fully saturated rings. The molecule has 2 aromatic heterocycles. The fraction of sp³-hybridized carbons (Fsp3) is 0.364. The lowest BCUT2D eigenvalue weighted by Crippen LogP contribution is -2.46. The normalized spacial score (nSPS) is 16.0. The van der Waals surface area contributed by atoms with Crippen molar-refractivity contribution in [2.75, 3.05) is 36.0 Å². The molecule has 0 atom stereocenters. The highest BCUT2D eigenvalue weighted by atomic mass is 32.1. The number of nitrogens with zero attached hydrogens (tertiary/aromatic N) is 4. The summed E-state index contributed by atoms with van der Waals surface area (Å²) in [7, 11) is 0. The maximum Gasteiger partial charge on any atom is 0.207 e. The molecule has 0 saturated carbocycles. The predicted molar refractivity (Wildman–Crippen MR) is 76.0 cm³/mol. The molecule has 0 aliphatic carbocycles. The molecule has 0 bridgehead atoms. The van der Waals surface area contributed by atoms with Crippen LogP contribution in [0.1, 0.15) is 0 Å². The Kier molecular flexibility index (Phi) is 3.24. The number of piperazine rings is 1. The number of nitrogens with one attached hydrogen (secondary N) is 1. The van der Waals surface area contributed by atoms with Crippen LogP contribution in [0.4, 0.5) is 10.9 Å². The zero-order chi connectivity index (χ0) is 12.4. The molecule has 0 radical (unpaired) electrons. The van der Waals surface area contributed by atoms with Crippen LogP contribution in [0.3, 0.4) is 0 Å². The lowest BCUT2D eigenvalue weighted by molar-refractivity contribution is 0.644. The van der Waals surface area contributed by atoms with Crippen LogP contribution >= 0.6 is 23.6 Å². The first kappa shape index (κ1) is 11.6. The summed E-state index contributed by atoms with van der Waals surface area (Å²) in [4.78, 5) is 8.93. The molecule has 7 heteroatoms. The minimum absolute atomic E-state index is 0.733. The number of aromatic amines is 1. The van der Waals surface area contributed by atoms with E-state index in [1.807, 2.05) is 24.4 Å². The second-order valence-corrected chi connectivity index (χ2v) is 5.70. The van der Waals surface area contributed by atoms with Gasteiger partial charge in [-0.1, -0.05) is 17.4 Å². The summed E-state index contributed by atoms with van der Waals surface area (Å²) in [6, 6.07) is 6.01. The van der Waals surface area contributed by atoms with E-state index < -0.39 is 0 Å². The molecule has 3 heterocycles. The molecule has 0 amide bonds. The van der Waals surface area contributed by atoms with E-state index in [-0.39, 0.29) is 0 Å². The van der Waals surface area contributed by atoms with Gasteiger partial charge in [-0.05, 0) is 24.4 Å². The van der Waals surface area contributed by atoms with Gasteiger partial charge in [0.15, 0.2) is 3.95 Å². The van der Waals surface area contributed by atoms with Crippen molar-refractivity contribution in [1.29, 1.82) is 0 Å². The van der Waals surface area contributed by atoms with E-state index in [2.05, 4.69) is 25.0 Å². The molecule has 2 aromatic rings. The first-order chi connectivity index (χ1) is 8.83. The SMILES string of the molecule is S=c1[nH]nc(N2CCN(c3ccccn3)CC2)s1. The number of aromatic nitrogens is 3. The van der Waals surface area contributed by atoms with Crippen LogP contribution in [0.25, 0.3) is 0 Å². The van der Waals surface area contributed by atoms with Crippen molar-refractivity contribution in [3.63, 3.8) is 0 Å². The molecule has 1 aliphatic rings. The number of H-pyrrole nitrogens is 1. The maximum absolute atomic E-state index is 5.06. The van der Waals surface area contributed by atoms with E-state index in [1.54, 1.807) is 0 Å². The van der Waals surface area contributed by atoms with E-state index in [0.29, 0.717) is 0 Å². The molecule has 0 unspecified atom stereocenters. The Balaban J connectivity index is 1.66. The molecular weight excluding hydrogens is 266 g/mol. The first-order valence-electron chi connectivity index (χ1n) is 5.79. The second kappa shape index (κ2) is 5.03. The van der Waals surface area contributed by atoms with Crippen LogP contribution in [0.15, 0.2) is 24.4 Å². The van der Waals surface area contributed by atoms with Gasteiger partial charge in [-0.3, -0.25) is 5.10 Å². The van der Waals surface area contributed by atoms with Gasteiger partial charge in [0.05, 0.1) is 0 Å². The fourth-order valence-corrected chi connectivity index (χ4v) is 2.95. The average molecular weight is 279 g/mol. The van der Waals surface area contributed by atoms with Gasteiger partial charge in [0.25, 0.3) is 0 Å². The van der Waals surface area contributed by atoms with Crippen LogP contribution in [0, 0.1) is 3.95 Å². The quantitative estimate of drug-likeness (QED) is 0.851. The molecule has 18 heavy (non-hydrogen) atoms. The lowest BCUT2D eigenvalue weighted by Gasteiger charge is -2.34. The molecule has 0 aromatic carbocycles. The minimum Gasteiger partial charge on any atom is -0.353 e. The van der Waals surface area contributed by atoms with E-state index in [0.717, 1.165) is 41.1 Å². The maximum atomic E-state index is 5.06. The Morgan fingerprint density at radius 1 is 1.17 bits per heavy atom. The van der Waals surface area contributed by atoms with E-state index >= 15 is 0 Å². The summed E-state index contributed by atoms with van der Waals surface area (Å²) in [6.07, 6.45) is 1.83. The largest absolute Gasteiger partial charge is 0.353 e. The highest BCUT2D eigenvalue weighted by Gasteiger charge is 2.19. The lowest BCUT2D eigenvalue weighted by atomic mass is 10.3. The molecule has 1 N–H and O–H groups in total. The highest BCUT2D eigenvalue weighted by Crippen LogP contribution is 2.20. The van der Waals surface area contributed by atoms with Crippen LogP contribution < -0.4 is 9.80 Å². The third-order valence-corrected chi connectivity index (χ3v) is 4.10. The molecule has 94 valence electrons. The van der Waals surface area contributed by atoms with Crippen LogP contribution in [-0.2, 0) is 0 Å². The average Bonchev–Trinajstić information content (AvgIpc) is 2.87. The summed E-state index contributed by atoms with van der Waals surface area (Å²) < 4.78 is 0.733. The summed E-state index contributed by atoms with van der Waals surface area (Å²) in [5, 5.41) is 8.03. The van der Waals surface area contributed by atoms with Gasteiger partial charge in [-0.15, -0.1) is 5.10 Å². The van der Waals surface area contributed by atoms with Crippen molar-refractivity contribution < 1.29 is 0 Å². The van der Waals surface area contributed by atoms with Gasteiger partial charge >= 0.3 is 0 Å². The van der Waals surface area contributed by atoms with Gasteiger partial charge in [0.1, 0.15) is 5.82 Å². The van der Waals surface area contributed by atoms with Gasteiger partial charge in [0.2, 0.25) is 5.13 Å². The molecular formula is C11H13N5S2.